The summed E-state index contributed by atoms with van der Waals surface area (Å²) >= 11 is 4.58. The Morgan fingerprint density at radius 3 is 2.79 bits per heavy atom. The molecule has 0 radical (unpaired) electrons. The topological polar surface area (TPSA) is 92.2 Å². The molecule has 150 valence electrons. The van der Waals surface area contributed by atoms with Gasteiger partial charge >= 0.3 is 0 Å². The normalized spacial score (nSPS) is 17.6. The Kier molecular flexibility index (Phi) is 7.05. The second-order valence-electron chi connectivity index (χ2n) is 6.25. The molecule has 29 heavy (non-hydrogen) atoms. The van der Waals surface area contributed by atoms with Crippen molar-refractivity contribution in [1.82, 2.24) is 5.32 Å². The van der Waals surface area contributed by atoms with Crippen molar-refractivity contribution < 1.29 is 14.3 Å². The predicted molar refractivity (Wildman–Crippen MR) is 120 cm³/mol. The van der Waals surface area contributed by atoms with Gasteiger partial charge in [-0.05, 0) is 37.3 Å². The van der Waals surface area contributed by atoms with Crippen LogP contribution in [0.25, 0.3) is 0 Å². The first-order chi connectivity index (χ1) is 13.9. The third-order valence-electron chi connectivity index (χ3n) is 4.02. The molecule has 9 heteroatoms. The lowest BCUT2D eigenvalue weighted by molar-refractivity contribution is -0.122. The minimum absolute atomic E-state index is 0.0482. The molecule has 1 aliphatic rings. The van der Waals surface area contributed by atoms with Gasteiger partial charge in [0.1, 0.15) is 11.0 Å². The first-order valence-electron chi connectivity index (χ1n) is 8.73. The molecule has 0 saturated carbocycles. The van der Waals surface area contributed by atoms with Crippen LogP contribution in [0, 0.1) is 6.92 Å². The number of hydrogen-bond acceptors (Lipinski definition) is 6. The number of benzene rings is 2. The standard InChI is InChI=1S/C20H19BrN4O3S/c1-12-3-6-15(7-4-12)23-18(26)10-17-19(27)24-20(29-17)25-22-11-13-9-14(21)5-8-16(13)28-2/h3-9,11,17H,10H2,1-2H3,(H,23,26)(H,24,25,27)/b22-11-/t17-/m1/s1. The summed E-state index contributed by atoms with van der Waals surface area (Å²) in [4.78, 5) is 24.3. The quantitative estimate of drug-likeness (QED) is 0.492. The number of nitrogens with one attached hydrogen (secondary N) is 2. The Bertz CT molecular complexity index is 976. The van der Waals surface area contributed by atoms with Gasteiger partial charge in [-0.3, -0.25) is 9.59 Å². The fraction of sp³-hybridized carbons (Fsp3) is 0.200. The molecule has 1 saturated heterocycles. The first kappa shape index (κ1) is 21.1. The van der Waals surface area contributed by atoms with Crippen LogP contribution >= 0.6 is 27.7 Å². The smallest absolute Gasteiger partial charge is 0.240 e. The van der Waals surface area contributed by atoms with E-state index in [2.05, 4.69) is 36.8 Å². The maximum absolute atomic E-state index is 12.2. The first-order valence-corrected chi connectivity index (χ1v) is 10.4. The second-order valence-corrected chi connectivity index (χ2v) is 8.36. The van der Waals surface area contributed by atoms with Crippen molar-refractivity contribution in [3.8, 4) is 5.75 Å². The average molecular weight is 475 g/mol. The molecule has 2 aromatic carbocycles. The number of ether oxygens (including phenoxy) is 1. The molecular formula is C20H19BrN4O3S. The van der Waals surface area contributed by atoms with E-state index in [1.54, 1.807) is 13.3 Å². The molecule has 7 nitrogen and oxygen atoms in total. The number of nitrogens with zero attached hydrogens (tertiary/aromatic N) is 2. The van der Waals surface area contributed by atoms with Crippen LogP contribution in [0.5, 0.6) is 5.75 Å². The lowest BCUT2D eigenvalue weighted by Crippen LogP contribution is -2.28. The zero-order valence-electron chi connectivity index (χ0n) is 15.8. The summed E-state index contributed by atoms with van der Waals surface area (Å²) in [7, 11) is 1.58. The molecule has 0 aromatic heterocycles. The third kappa shape index (κ3) is 5.91. The van der Waals surface area contributed by atoms with Crippen LogP contribution in [-0.2, 0) is 9.59 Å². The molecule has 0 unspecified atom stereocenters. The Morgan fingerprint density at radius 1 is 1.31 bits per heavy atom. The monoisotopic (exact) mass is 474 g/mol. The van der Waals surface area contributed by atoms with E-state index in [0.717, 1.165) is 15.6 Å². The van der Waals surface area contributed by atoms with E-state index in [0.29, 0.717) is 16.6 Å². The van der Waals surface area contributed by atoms with Gasteiger partial charge in [-0.15, -0.1) is 5.10 Å². The third-order valence-corrected chi connectivity index (χ3v) is 5.59. The molecule has 2 amide bonds. The van der Waals surface area contributed by atoms with E-state index >= 15 is 0 Å². The van der Waals surface area contributed by atoms with Crippen molar-refractivity contribution in [2.45, 2.75) is 18.6 Å². The van der Waals surface area contributed by atoms with Crippen LogP contribution < -0.4 is 15.4 Å². The van der Waals surface area contributed by atoms with Crippen LogP contribution in [0.15, 0.2) is 57.1 Å². The van der Waals surface area contributed by atoms with Crippen molar-refractivity contribution in [2.75, 3.05) is 12.4 Å². The van der Waals surface area contributed by atoms with E-state index in [-0.39, 0.29) is 18.2 Å². The molecule has 1 heterocycles. The highest BCUT2D eigenvalue weighted by Crippen LogP contribution is 2.24. The Hall–Kier alpha value is -2.65. The van der Waals surface area contributed by atoms with Crippen LogP contribution in [0.3, 0.4) is 0 Å². The number of carbonyl (C=O) groups is 2. The zero-order valence-corrected chi connectivity index (χ0v) is 18.2. The Balaban J connectivity index is 1.58. The molecule has 1 aliphatic heterocycles. The van der Waals surface area contributed by atoms with Crippen molar-refractivity contribution in [1.29, 1.82) is 0 Å². The average Bonchev–Trinajstić information content (AvgIpc) is 3.03. The SMILES string of the molecule is COc1ccc(Br)cc1/C=N\N=C1\NC(=O)[C@@H](CC(=O)Nc2ccc(C)cc2)S1. The minimum atomic E-state index is -0.546. The number of methoxy groups -OCH3 is 1. The molecule has 0 spiro atoms. The summed E-state index contributed by atoms with van der Waals surface area (Å²) in [6.07, 6.45) is 1.59. The number of aryl methyl sites for hydroxylation is 1. The molecule has 0 aliphatic carbocycles. The molecule has 0 bridgehead atoms. The molecule has 1 atom stereocenters. The Labute approximate surface area is 181 Å². The van der Waals surface area contributed by atoms with Gasteiger partial charge in [0, 0.05) is 22.1 Å². The molecule has 2 aromatic rings. The van der Waals surface area contributed by atoms with Gasteiger partial charge in [0.05, 0.1) is 13.3 Å². The van der Waals surface area contributed by atoms with Gasteiger partial charge in [0.15, 0.2) is 5.17 Å². The molecule has 2 N–H and O–H groups in total. The summed E-state index contributed by atoms with van der Waals surface area (Å²) in [6.45, 7) is 1.97. The van der Waals surface area contributed by atoms with E-state index in [9.17, 15) is 9.59 Å². The number of amides is 2. The second kappa shape index (κ2) is 9.71. The van der Waals surface area contributed by atoms with Gasteiger partial charge in [0.2, 0.25) is 11.8 Å². The number of anilines is 1. The van der Waals surface area contributed by atoms with Crippen LogP contribution in [0.1, 0.15) is 17.5 Å². The van der Waals surface area contributed by atoms with Crippen LogP contribution in [-0.4, -0.2) is 35.6 Å². The number of halogens is 1. The fourth-order valence-corrected chi connectivity index (χ4v) is 3.86. The molecule has 3 rings (SSSR count). The highest BCUT2D eigenvalue weighted by molar-refractivity contribution is 9.10. The Morgan fingerprint density at radius 2 is 2.07 bits per heavy atom. The highest BCUT2D eigenvalue weighted by Gasteiger charge is 2.32. The number of thioether (sulfide) groups is 1. The number of carbonyl (C=O) groups excluding carboxylic acids is 2. The lowest BCUT2D eigenvalue weighted by atomic mass is 10.2. The number of amidine groups is 1. The van der Waals surface area contributed by atoms with Crippen LogP contribution in [0.4, 0.5) is 5.69 Å². The summed E-state index contributed by atoms with van der Waals surface area (Å²) in [5.41, 5.74) is 2.55. The summed E-state index contributed by atoms with van der Waals surface area (Å²) in [5.74, 6) is 0.166. The van der Waals surface area contributed by atoms with E-state index in [1.807, 2.05) is 49.4 Å². The number of hydrogen-bond donors (Lipinski definition) is 2. The van der Waals surface area contributed by atoms with Crippen LogP contribution in [0.2, 0.25) is 0 Å². The van der Waals surface area contributed by atoms with Gasteiger partial charge in [0.25, 0.3) is 0 Å². The molecular weight excluding hydrogens is 456 g/mol. The molecule has 1 fully saturated rings. The van der Waals surface area contributed by atoms with Gasteiger partial charge < -0.3 is 15.4 Å². The largest absolute Gasteiger partial charge is 0.496 e. The van der Waals surface area contributed by atoms with Gasteiger partial charge in [-0.25, -0.2) is 0 Å². The maximum Gasteiger partial charge on any atom is 0.240 e. The van der Waals surface area contributed by atoms with Crippen molar-refractivity contribution in [3.63, 3.8) is 0 Å². The maximum atomic E-state index is 12.2. The van der Waals surface area contributed by atoms with Crippen molar-refractivity contribution >= 4 is 56.6 Å². The van der Waals surface area contributed by atoms with Gasteiger partial charge in [-0.1, -0.05) is 45.4 Å². The predicted octanol–water partition coefficient (Wildman–Crippen LogP) is 3.72. The highest BCUT2D eigenvalue weighted by atomic mass is 79.9. The fourth-order valence-electron chi connectivity index (χ4n) is 2.55. The van der Waals surface area contributed by atoms with Gasteiger partial charge in [-0.2, -0.15) is 5.10 Å². The summed E-state index contributed by atoms with van der Waals surface area (Å²) in [5, 5.41) is 13.3. The summed E-state index contributed by atoms with van der Waals surface area (Å²) < 4.78 is 6.16. The van der Waals surface area contributed by atoms with Crippen molar-refractivity contribution in [3.05, 3.63) is 58.1 Å². The summed E-state index contributed by atoms with van der Waals surface area (Å²) in [6, 6.07) is 13.0. The van der Waals surface area contributed by atoms with E-state index < -0.39 is 5.25 Å². The lowest BCUT2D eigenvalue weighted by Gasteiger charge is -2.07. The van der Waals surface area contributed by atoms with E-state index in [1.165, 1.54) is 11.8 Å². The van der Waals surface area contributed by atoms with E-state index in [4.69, 9.17) is 4.74 Å². The zero-order chi connectivity index (χ0) is 20.8. The minimum Gasteiger partial charge on any atom is -0.496 e. The number of rotatable bonds is 6. The van der Waals surface area contributed by atoms with Crippen molar-refractivity contribution in [2.24, 2.45) is 10.2 Å².